The average molecular weight is 253 g/mol. The van der Waals surface area contributed by atoms with E-state index in [0.717, 1.165) is 19.4 Å². The molecule has 0 bridgehead atoms. The lowest BCUT2D eigenvalue weighted by Crippen LogP contribution is -2.41. The molecular formula is C14H25N2O2+. The first-order chi connectivity index (χ1) is 8.60. The summed E-state index contributed by atoms with van der Waals surface area (Å²) in [6.45, 7) is 7.68. The summed E-state index contributed by atoms with van der Waals surface area (Å²) >= 11 is 0. The zero-order chi connectivity index (χ0) is 13.5. The number of hydrogen-bond donors (Lipinski definition) is 1. The Morgan fingerprint density at radius 2 is 2.17 bits per heavy atom. The van der Waals surface area contributed by atoms with Crippen LogP contribution in [0.15, 0.2) is 12.4 Å². The maximum absolute atomic E-state index is 10.9. The van der Waals surface area contributed by atoms with Crippen molar-refractivity contribution in [1.82, 2.24) is 4.57 Å². The van der Waals surface area contributed by atoms with Gasteiger partial charge in [0.2, 0.25) is 0 Å². The van der Waals surface area contributed by atoms with E-state index in [1.54, 1.807) is 6.92 Å². The van der Waals surface area contributed by atoms with Gasteiger partial charge in [0.05, 0.1) is 12.5 Å². The van der Waals surface area contributed by atoms with Gasteiger partial charge < -0.3 is 5.11 Å². The van der Waals surface area contributed by atoms with Crippen molar-refractivity contribution in [3.63, 3.8) is 0 Å². The quantitative estimate of drug-likeness (QED) is 0.722. The normalized spacial score (nSPS) is 12.6. The van der Waals surface area contributed by atoms with Crippen LogP contribution in [0.25, 0.3) is 0 Å². The summed E-state index contributed by atoms with van der Waals surface area (Å²) in [5.74, 6) is 0.179. The molecule has 0 aliphatic heterocycles. The monoisotopic (exact) mass is 253 g/mol. The lowest BCUT2D eigenvalue weighted by Gasteiger charge is -2.06. The number of imidazole rings is 1. The van der Waals surface area contributed by atoms with Gasteiger partial charge >= 0.3 is 5.97 Å². The van der Waals surface area contributed by atoms with Crippen LogP contribution in [0.2, 0.25) is 0 Å². The van der Waals surface area contributed by atoms with Crippen LogP contribution in [-0.2, 0) is 24.3 Å². The predicted molar refractivity (Wildman–Crippen MR) is 70.3 cm³/mol. The van der Waals surface area contributed by atoms with Crippen LogP contribution in [0.4, 0.5) is 0 Å². The minimum Gasteiger partial charge on any atom is -0.481 e. The summed E-state index contributed by atoms with van der Waals surface area (Å²) in [6, 6.07) is 0. The summed E-state index contributed by atoms with van der Waals surface area (Å²) in [5, 5.41) is 8.99. The summed E-state index contributed by atoms with van der Waals surface area (Å²) in [7, 11) is 0. The Kier molecular flexibility index (Phi) is 5.89. The molecule has 1 aromatic rings. The molecule has 0 fully saturated rings. The highest BCUT2D eigenvalue weighted by molar-refractivity contribution is 5.69. The first-order valence-corrected chi connectivity index (χ1v) is 6.90. The molecule has 0 saturated carbocycles. The molecule has 0 aliphatic carbocycles. The Bertz CT molecular complexity index is 385. The van der Waals surface area contributed by atoms with Crippen molar-refractivity contribution in [3.05, 3.63) is 18.2 Å². The molecule has 0 aliphatic rings. The van der Waals surface area contributed by atoms with Gasteiger partial charge in [0.1, 0.15) is 18.9 Å². The zero-order valence-corrected chi connectivity index (χ0v) is 11.7. The summed E-state index contributed by atoms with van der Waals surface area (Å²) in [4.78, 5) is 10.9. The van der Waals surface area contributed by atoms with Gasteiger partial charge in [0.15, 0.2) is 0 Å². The van der Waals surface area contributed by atoms with Crippen molar-refractivity contribution < 1.29 is 14.5 Å². The van der Waals surface area contributed by atoms with Gasteiger partial charge in [0.25, 0.3) is 5.82 Å². The van der Waals surface area contributed by atoms with Crippen molar-refractivity contribution in [3.8, 4) is 0 Å². The molecule has 1 aromatic heterocycles. The molecule has 1 rings (SSSR count). The topological polar surface area (TPSA) is 46.1 Å². The van der Waals surface area contributed by atoms with E-state index in [0.29, 0.717) is 6.54 Å². The number of aliphatic carboxylic acids is 1. The molecule has 0 saturated heterocycles. The highest BCUT2D eigenvalue weighted by atomic mass is 16.4. The SMILES string of the molecule is CCCCn1cc[n+](CC(C)C(=O)O)c1CCC. The first kappa shape index (κ1) is 14.7. The summed E-state index contributed by atoms with van der Waals surface area (Å²) in [5.41, 5.74) is 0. The number of nitrogens with zero attached hydrogens (tertiary/aromatic N) is 2. The minimum atomic E-state index is -0.730. The Morgan fingerprint density at radius 3 is 2.72 bits per heavy atom. The van der Waals surface area contributed by atoms with Crippen LogP contribution < -0.4 is 4.57 Å². The van der Waals surface area contributed by atoms with Crippen molar-refractivity contribution in [2.45, 2.75) is 59.5 Å². The third-order valence-electron chi connectivity index (χ3n) is 3.21. The van der Waals surface area contributed by atoms with E-state index in [1.807, 2.05) is 6.20 Å². The molecule has 1 unspecified atom stereocenters. The third-order valence-corrected chi connectivity index (χ3v) is 3.21. The number of carboxylic acids is 1. The second-order valence-corrected chi connectivity index (χ2v) is 4.90. The van der Waals surface area contributed by atoms with Crippen LogP contribution in [-0.4, -0.2) is 15.6 Å². The number of unbranched alkanes of at least 4 members (excludes halogenated alkanes) is 1. The lowest BCUT2D eigenvalue weighted by molar-refractivity contribution is -0.707. The van der Waals surface area contributed by atoms with Gasteiger partial charge in [-0.3, -0.25) is 4.79 Å². The zero-order valence-electron chi connectivity index (χ0n) is 11.7. The summed E-state index contributed by atoms with van der Waals surface area (Å²) in [6.07, 6.45) is 8.52. The Morgan fingerprint density at radius 1 is 1.44 bits per heavy atom. The van der Waals surface area contributed by atoms with E-state index in [2.05, 4.69) is 29.2 Å². The molecule has 1 atom stereocenters. The van der Waals surface area contributed by atoms with Crippen LogP contribution in [0.3, 0.4) is 0 Å². The molecule has 4 nitrogen and oxygen atoms in total. The molecule has 0 radical (unpaired) electrons. The molecule has 102 valence electrons. The Hall–Kier alpha value is -1.32. The lowest BCUT2D eigenvalue weighted by atomic mass is 10.2. The van der Waals surface area contributed by atoms with Gasteiger partial charge in [-0.15, -0.1) is 0 Å². The van der Waals surface area contributed by atoms with E-state index < -0.39 is 5.97 Å². The smallest absolute Gasteiger partial charge is 0.310 e. The molecule has 1 N–H and O–H groups in total. The second-order valence-electron chi connectivity index (χ2n) is 4.90. The number of aromatic nitrogens is 2. The Balaban J connectivity index is 2.83. The molecular weight excluding hydrogens is 228 g/mol. The van der Waals surface area contributed by atoms with Gasteiger partial charge in [-0.2, -0.15) is 0 Å². The van der Waals surface area contributed by atoms with Crippen molar-refractivity contribution >= 4 is 5.97 Å². The fourth-order valence-corrected chi connectivity index (χ4v) is 2.08. The maximum atomic E-state index is 10.9. The standard InChI is InChI=1S/C14H24N2O2/c1-4-6-8-15-9-10-16(13(15)7-5-2)11-12(3)14(17)18/h9-10,12H,4-8,11H2,1-3H3/p+1. The highest BCUT2D eigenvalue weighted by Crippen LogP contribution is 2.05. The molecule has 4 heteroatoms. The van der Waals surface area contributed by atoms with E-state index in [9.17, 15) is 4.79 Å². The average Bonchev–Trinajstić information content (AvgIpc) is 2.70. The molecule has 0 aromatic carbocycles. The van der Waals surface area contributed by atoms with Crippen molar-refractivity contribution in [2.24, 2.45) is 5.92 Å². The molecule has 1 heterocycles. The van der Waals surface area contributed by atoms with E-state index >= 15 is 0 Å². The van der Waals surface area contributed by atoms with Crippen molar-refractivity contribution in [1.29, 1.82) is 0 Å². The number of carboxylic acid groups (broad SMARTS) is 1. The molecule has 0 spiro atoms. The van der Waals surface area contributed by atoms with E-state index in [-0.39, 0.29) is 5.92 Å². The van der Waals surface area contributed by atoms with Gasteiger partial charge in [0, 0.05) is 6.42 Å². The summed E-state index contributed by atoms with van der Waals surface area (Å²) < 4.78 is 4.36. The third kappa shape index (κ3) is 3.86. The molecule has 18 heavy (non-hydrogen) atoms. The van der Waals surface area contributed by atoms with E-state index in [4.69, 9.17) is 5.11 Å². The fraction of sp³-hybridized carbons (Fsp3) is 0.714. The number of carbonyl (C=O) groups is 1. The van der Waals surface area contributed by atoms with Gasteiger partial charge in [-0.05, 0) is 19.8 Å². The Labute approximate surface area is 109 Å². The highest BCUT2D eigenvalue weighted by Gasteiger charge is 2.20. The minimum absolute atomic E-state index is 0.340. The number of aryl methyl sites for hydroxylation is 1. The van der Waals surface area contributed by atoms with E-state index in [1.165, 1.54) is 18.7 Å². The first-order valence-electron chi connectivity index (χ1n) is 6.90. The van der Waals surface area contributed by atoms with Crippen LogP contribution in [0, 0.1) is 5.92 Å². The van der Waals surface area contributed by atoms with Gasteiger partial charge in [-0.1, -0.05) is 20.3 Å². The van der Waals surface area contributed by atoms with Gasteiger partial charge in [-0.25, -0.2) is 9.13 Å². The number of rotatable bonds is 8. The van der Waals surface area contributed by atoms with Crippen molar-refractivity contribution in [2.75, 3.05) is 0 Å². The molecule has 0 amide bonds. The largest absolute Gasteiger partial charge is 0.481 e. The van der Waals surface area contributed by atoms with Crippen LogP contribution >= 0.6 is 0 Å². The fourth-order valence-electron chi connectivity index (χ4n) is 2.08. The van der Waals surface area contributed by atoms with Crippen LogP contribution in [0.1, 0.15) is 45.9 Å². The predicted octanol–water partition coefficient (Wildman–Crippen LogP) is 2.25. The second kappa shape index (κ2) is 7.19. The number of hydrogen-bond acceptors (Lipinski definition) is 1. The van der Waals surface area contributed by atoms with Crippen LogP contribution in [0.5, 0.6) is 0 Å². The maximum Gasteiger partial charge on any atom is 0.310 e.